The first kappa shape index (κ1) is 14.2. The molecule has 0 saturated carbocycles. The summed E-state index contributed by atoms with van der Waals surface area (Å²) >= 11 is 0. The molecule has 0 spiro atoms. The first-order chi connectivity index (χ1) is 7.65. The van der Waals surface area contributed by atoms with Gasteiger partial charge in [0.15, 0.2) is 0 Å². The van der Waals surface area contributed by atoms with Gasteiger partial charge in [0.25, 0.3) is 0 Å². The summed E-state index contributed by atoms with van der Waals surface area (Å²) in [7, 11) is 2.06. The molecule has 2 heterocycles. The average Bonchev–Trinajstić information content (AvgIpc) is 2.68. The number of aromatic nitrogens is 2. The van der Waals surface area contributed by atoms with E-state index in [1.165, 1.54) is 12.8 Å². The van der Waals surface area contributed by atoms with Gasteiger partial charge in [-0.3, -0.25) is 0 Å². The predicted octanol–water partition coefficient (Wildman–Crippen LogP) is 1.70. The second kappa shape index (κ2) is 6.17. The number of nitrogens with one attached hydrogen (secondary N) is 1. The quantitative estimate of drug-likeness (QED) is 0.894. The molecule has 1 saturated heterocycles. The topological polar surface area (TPSA) is 41.1 Å². The first-order valence-electron chi connectivity index (χ1n) is 5.92. The van der Waals surface area contributed by atoms with Crippen LogP contribution in [0.3, 0.4) is 0 Å². The van der Waals surface area contributed by atoms with Crippen LogP contribution in [-0.4, -0.2) is 36.1 Å². The van der Waals surface area contributed by atoms with Crippen molar-refractivity contribution in [3.8, 4) is 0 Å². The van der Waals surface area contributed by atoms with E-state index in [0.29, 0.717) is 6.04 Å². The highest BCUT2D eigenvalue weighted by molar-refractivity contribution is 5.85. The zero-order chi connectivity index (χ0) is 11.5. The number of hydrogen-bond acceptors (Lipinski definition) is 4. The fourth-order valence-electron chi connectivity index (χ4n) is 2.20. The Morgan fingerprint density at radius 1 is 1.35 bits per heavy atom. The average molecular weight is 257 g/mol. The smallest absolute Gasteiger partial charge is 0.225 e. The Kier molecular flexibility index (Phi) is 5.15. The maximum atomic E-state index is 4.46. The summed E-state index contributed by atoms with van der Waals surface area (Å²) in [6.45, 7) is 6.16. The zero-order valence-corrected chi connectivity index (χ0v) is 11.5. The number of likely N-dealkylation sites (N-methyl/N-ethyl adjacent to an activating group) is 1. The molecule has 0 aliphatic carbocycles. The third-order valence-electron chi connectivity index (χ3n) is 2.97. The molecule has 17 heavy (non-hydrogen) atoms. The van der Waals surface area contributed by atoms with E-state index < -0.39 is 0 Å². The number of nitrogens with zero attached hydrogens (tertiary/aromatic N) is 3. The minimum Gasteiger partial charge on any atom is -0.342 e. The second-order valence-corrected chi connectivity index (χ2v) is 4.62. The molecule has 0 amide bonds. The molecule has 96 valence electrons. The summed E-state index contributed by atoms with van der Waals surface area (Å²) in [4.78, 5) is 11.1. The van der Waals surface area contributed by atoms with Crippen LogP contribution in [-0.2, 0) is 0 Å². The molecule has 1 N–H and O–H groups in total. The number of aryl methyl sites for hydroxylation is 2. The summed E-state index contributed by atoms with van der Waals surface area (Å²) in [6.07, 6.45) is 2.54. The van der Waals surface area contributed by atoms with Crippen LogP contribution in [0.15, 0.2) is 6.07 Å². The molecule has 0 bridgehead atoms. The standard InChI is InChI=1S/C12H20N4.ClH/c1-9-7-10(2)15-12(14-9)16(3)8-11-5-4-6-13-11;/h7,11,13H,4-6,8H2,1-3H3;1H. The summed E-state index contributed by atoms with van der Waals surface area (Å²) in [6, 6.07) is 2.60. The minimum atomic E-state index is 0. The second-order valence-electron chi connectivity index (χ2n) is 4.62. The van der Waals surface area contributed by atoms with Gasteiger partial charge in [0.1, 0.15) is 0 Å². The Hall–Kier alpha value is -0.870. The Morgan fingerprint density at radius 3 is 2.53 bits per heavy atom. The van der Waals surface area contributed by atoms with Crippen molar-refractivity contribution in [3.63, 3.8) is 0 Å². The Morgan fingerprint density at radius 2 is 2.00 bits per heavy atom. The van der Waals surface area contributed by atoms with Gasteiger partial charge in [0.2, 0.25) is 5.95 Å². The molecule has 1 aliphatic heterocycles. The van der Waals surface area contributed by atoms with E-state index in [1.807, 2.05) is 19.9 Å². The van der Waals surface area contributed by atoms with E-state index in [2.05, 4.69) is 27.2 Å². The normalized spacial score (nSPS) is 18.9. The van der Waals surface area contributed by atoms with Crippen molar-refractivity contribution in [1.82, 2.24) is 15.3 Å². The summed E-state index contributed by atoms with van der Waals surface area (Å²) < 4.78 is 0. The molecular weight excluding hydrogens is 236 g/mol. The van der Waals surface area contributed by atoms with Crippen molar-refractivity contribution < 1.29 is 0 Å². The Bertz CT molecular complexity index is 343. The van der Waals surface area contributed by atoms with Crippen molar-refractivity contribution in [2.75, 3.05) is 25.0 Å². The molecule has 1 atom stereocenters. The van der Waals surface area contributed by atoms with Gasteiger partial charge in [-0.05, 0) is 39.3 Å². The van der Waals surface area contributed by atoms with Crippen LogP contribution in [0.2, 0.25) is 0 Å². The lowest BCUT2D eigenvalue weighted by molar-refractivity contribution is 0.593. The van der Waals surface area contributed by atoms with E-state index in [9.17, 15) is 0 Å². The fourth-order valence-corrected chi connectivity index (χ4v) is 2.20. The van der Waals surface area contributed by atoms with Crippen molar-refractivity contribution in [2.45, 2.75) is 32.7 Å². The lowest BCUT2D eigenvalue weighted by Gasteiger charge is -2.21. The molecule has 1 fully saturated rings. The third-order valence-corrected chi connectivity index (χ3v) is 2.97. The number of rotatable bonds is 3. The van der Waals surface area contributed by atoms with Gasteiger partial charge in [-0.2, -0.15) is 0 Å². The van der Waals surface area contributed by atoms with Gasteiger partial charge >= 0.3 is 0 Å². The summed E-state index contributed by atoms with van der Waals surface area (Å²) in [5.41, 5.74) is 2.07. The highest BCUT2D eigenvalue weighted by Gasteiger charge is 2.17. The van der Waals surface area contributed by atoms with Crippen LogP contribution >= 0.6 is 12.4 Å². The van der Waals surface area contributed by atoms with Crippen LogP contribution in [0, 0.1) is 13.8 Å². The molecule has 4 nitrogen and oxygen atoms in total. The number of halogens is 1. The van der Waals surface area contributed by atoms with Gasteiger partial charge < -0.3 is 10.2 Å². The maximum absolute atomic E-state index is 4.46. The molecule has 1 aliphatic rings. The van der Waals surface area contributed by atoms with E-state index in [0.717, 1.165) is 30.4 Å². The SMILES string of the molecule is Cc1cc(C)nc(N(C)CC2CCCN2)n1.Cl. The lowest BCUT2D eigenvalue weighted by atomic mass is 10.2. The molecule has 1 aromatic rings. The van der Waals surface area contributed by atoms with Crippen LogP contribution in [0.25, 0.3) is 0 Å². The predicted molar refractivity (Wildman–Crippen MR) is 73.0 cm³/mol. The highest BCUT2D eigenvalue weighted by atomic mass is 35.5. The van der Waals surface area contributed by atoms with Gasteiger partial charge in [-0.15, -0.1) is 12.4 Å². The van der Waals surface area contributed by atoms with Crippen molar-refractivity contribution in [1.29, 1.82) is 0 Å². The molecular formula is C12H21ClN4. The molecule has 1 aromatic heterocycles. The van der Waals surface area contributed by atoms with Crippen LogP contribution in [0.4, 0.5) is 5.95 Å². The summed E-state index contributed by atoms with van der Waals surface area (Å²) in [5.74, 6) is 0.839. The minimum absolute atomic E-state index is 0. The fraction of sp³-hybridized carbons (Fsp3) is 0.667. The molecule has 1 unspecified atom stereocenters. The van der Waals surface area contributed by atoms with Gasteiger partial charge in [-0.1, -0.05) is 0 Å². The number of hydrogen-bond donors (Lipinski definition) is 1. The molecule has 2 rings (SSSR count). The Labute approximate surface area is 109 Å². The van der Waals surface area contributed by atoms with E-state index >= 15 is 0 Å². The molecule has 5 heteroatoms. The first-order valence-corrected chi connectivity index (χ1v) is 5.92. The van der Waals surface area contributed by atoms with E-state index in [4.69, 9.17) is 0 Å². The van der Waals surface area contributed by atoms with E-state index in [-0.39, 0.29) is 12.4 Å². The maximum Gasteiger partial charge on any atom is 0.225 e. The molecule has 0 radical (unpaired) electrons. The molecule has 0 aromatic carbocycles. The Balaban J connectivity index is 0.00000144. The van der Waals surface area contributed by atoms with E-state index in [1.54, 1.807) is 0 Å². The van der Waals surface area contributed by atoms with Crippen molar-refractivity contribution in [3.05, 3.63) is 17.5 Å². The summed E-state index contributed by atoms with van der Waals surface area (Å²) in [5, 5.41) is 3.49. The third kappa shape index (κ3) is 3.82. The highest BCUT2D eigenvalue weighted by Crippen LogP contribution is 2.12. The largest absolute Gasteiger partial charge is 0.342 e. The van der Waals surface area contributed by atoms with Crippen molar-refractivity contribution >= 4 is 18.4 Å². The van der Waals surface area contributed by atoms with Crippen molar-refractivity contribution in [2.24, 2.45) is 0 Å². The van der Waals surface area contributed by atoms with Gasteiger partial charge in [0.05, 0.1) is 0 Å². The van der Waals surface area contributed by atoms with Crippen LogP contribution in [0.1, 0.15) is 24.2 Å². The van der Waals surface area contributed by atoms with Crippen LogP contribution in [0.5, 0.6) is 0 Å². The number of anilines is 1. The monoisotopic (exact) mass is 256 g/mol. The van der Waals surface area contributed by atoms with Gasteiger partial charge in [0, 0.05) is 31.0 Å². The zero-order valence-electron chi connectivity index (χ0n) is 10.7. The van der Waals surface area contributed by atoms with Gasteiger partial charge in [-0.25, -0.2) is 9.97 Å². The van der Waals surface area contributed by atoms with Crippen LogP contribution < -0.4 is 10.2 Å². The lowest BCUT2D eigenvalue weighted by Crippen LogP contribution is -2.36.